The number of pyridine rings is 2. The van der Waals surface area contributed by atoms with Gasteiger partial charge in [0.25, 0.3) is 0 Å². The summed E-state index contributed by atoms with van der Waals surface area (Å²) in [5, 5.41) is 0. The molecule has 0 spiro atoms. The molecule has 2 heterocycles. The second-order valence-electron chi connectivity index (χ2n) is 4.88. The van der Waals surface area contributed by atoms with Crippen LogP contribution in [0.15, 0.2) is 12.1 Å². The van der Waals surface area contributed by atoms with E-state index in [0.717, 1.165) is 33.6 Å². The number of aryl methyl sites for hydroxylation is 4. The van der Waals surface area contributed by atoms with Crippen LogP contribution in [0.4, 0.5) is 0 Å². The number of hydrogen-bond acceptors (Lipinski definition) is 4. The van der Waals surface area contributed by atoms with Gasteiger partial charge in [-0.3, -0.25) is 0 Å². The highest BCUT2D eigenvalue weighted by atomic mass is 16.5. The van der Waals surface area contributed by atoms with Crippen molar-refractivity contribution in [3.05, 3.63) is 34.6 Å². The largest absolute Gasteiger partial charge is 0.481 e. The molecule has 0 saturated heterocycles. The summed E-state index contributed by atoms with van der Waals surface area (Å²) in [5.74, 6) is 1.28. The molecule has 2 rings (SSSR count). The third-order valence-electron chi connectivity index (χ3n) is 3.42. The minimum absolute atomic E-state index is 0.639. The third kappa shape index (κ3) is 2.46. The number of ether oxygens (including phenoxy) is 2. The van der Waals surface area contributed by atoms with Gasteiger partial charge in [0.05, 0.1) is 14.2 Å². The van der Waals surface area contributed by atoms with Gasteiger partial charge in [-0.1, -0.05) is 0 Å². The van der Waals surface area contributed by atoms with Crippen molar-refractivity contribution in [2.45, 2.75) is 27.7 Å². The molecule has 20 heavy (non-hydrogen) atoms. The molecule has 4 nitrogen and oxygen atoms in total. The van der Waals surface area contributed by atoms with Crippen LogP contribution >= 0.6 is 0 Å². The van der Waals surface area contributed by atoms with E-state index in [9.17, 15) is 0 Å². The lowest BCUT2D eigenvalue weighted by atomic mass is 9.94. The average Bonchev–Trinajstić information content (AvgIpc) is 2.40. The summed E-state index contributed by atoms with van der Waals surface area (Å²) in [6.45, 7) is 8.12. The van der Waals surface area contributed by atoms with Gasteiger partial charge in [0.15, 0.2) is 0 Å². The van der Waals surface area contributed by atoms with Crippen LogP contribution in [-0.4, -0.2) is 24.2 Å². The fourth-order valence-electron chi connectivity index (χ4n) is 2.56. The van der Waals surface area contributed by atoms with Crippen molar-refractivity contribution >= 4 is 0 Å². The topological polar surface area (TPSA) is 44.2 Å². The molecule has 0 saturated carbocycles. The number of hydrogen-bond donors (Lipinski definition) is 0. The van der Waals surface area contributed by atoms with Crippen molar-refractivity contribution in [2.75, 3.05) is 14.2 Å². The Morgan fingerprint density at radius 1 is 0.700 bits per heavy atom. The first-order valence-corrected chi connectivity index (χ1v) is 6.52. The Labute approximate surface area is 119 Å². The van der Waals surface area contributed by atoms with Gasteiger partial charge in [0, 0.05) is 34.6 Å². The predicted octanol–water partition coefficient (Wildman–Crippen LogP) is 3.39. The Hall–Kier alpha value is -2.10. The summed E-state index contributed by atoms with van der Waals surface area (Å²) in [7, 11) is 3.26. The van der Waals surface area contributed by atoms with Crippen LogP contribution in [0.3, 0.4) is 0 Å². The first-order chi connectivity index (χ1) is 9.47. The summed E-state index contributed by atoms with van der Waals surface area (Å²) in [6, 6.07) is 3.90. The Balaban J connectivity index is 2.69. The van der Waals surface area contributed by atoms with E-state index in [1.54, 1.807) is 14.2 Å². The Morgan fingerprint density at radius 3 is 1.30 bits per heavy atom. The first-order valence-electron chi connectivity index (χ1n) is 6.52. The lowest BCUT2D eigenvalue weighted by molar-refractivity contribution is 0.396. The zero-order valence-corrected chi connectivity index (χ0v) is 12.9. The molecule has 106 valence electrons. The number of rotatable bonds is 3. The molecular formula is C16H20N2O2. The van der Waals surface area contributed by atoms with Gasteiger partial charge in [0.1, 0.15) is 0 Å². The van der Waals surface area contributed by atoms with Crippen molar-refractivity contribution < 1.29 is 9.47 Å². The van der Waals surface area contributed by atoms with Gasteiger partial charge in [-0.2, -0.15) is 0 Å². The van der Waals surface area contributed by atoms with Crippen molar-refractivity contribution in [3.63, 3.8) is 0 Å². The van der Waals surface area contributed by atoms with E-state index in [0.29, 0.717) is 11.8 Å². The zero-order chi connectivity index (χ0) is 14.9. The molecule has 0 aliphatic heterocycles. The quantitative estimate of drug-likeness (QED) is 0.859. The molecule has 0 N–H and O–H groups in total. The second-order valence-corrected chi connectivity index (χ2v) is 4.88. The standard InChI is InChI=1S/C16H20N2O2/c1-9-7-13(19-5)17-11(3)15(9)16-10(2)8-14(20-6)18-12(16)4/h7-8H,1-6H3. The highest BCUT2D eigenvalue weighted by molar-refractivity contribution is 5.75. The number of methoxy groups -OCH3 is 2. The number of aromatic nitrogens is 2. The fourth-order valence-corrected chi connectivity index (χ4v) is 2.56. The van der Waals surface area contributed by atoms with Crippen LogP contribution < -0.4 is 9.47 Å². The molecule has 0 fully saturated rings. The maximum atomic E-state index is 5.22. The molecule has 0 aliphatic rings. The van der Waals surface area contributed by atoms with Gasteiger partial charge >= 0.3 is 0 Å². The molecule has 0 atom stereocenters. The lowest BCUT2D eigenvalue weighted by Gasteiger charge is -2.16. The molecular weight excluding hydrogens is 252 g/mol. The summed E-state index contributed by atoms with van der Waals surface area (Å²) in [4.78, 5) is 8.94. The molecule has 0 aromatic carbocycles. The highest BCUT2D eigenvalue weighted by Crippen LogP contribution is 2.34. The summed E-state index contributed by atoms with van der Waals surface area (Å²) in [6.07, 6.45) is 0. The van der Waals surface area contributed by atoms with Crippen molar-refractivity contribution in [3.8, 4) is 22.9 Å². The van der Waals surface area contributed by atoms with E-state index in [-0.39, 0.29) is 0 Å². The molecule has 4 heteroatoms. The maximum Gasteiger partial charge on any atom is 0.213 e. The monoisotopic (exact) mass is 272 g/mol. The molecule has 0 aliphatic carbocycles. The Bertz CT molecular complexity index is 547. The van der Waals surface area contributed by atoms with Crippen LogP contribution in [0.2, 0.25) is 0 Å². The van der Waals surface area contributed by atoms with E-state index < -0.39 is 0 Å². The van der Waals surface area contributed by atoms with Crippen LogP contribution in [-0.2, 0) is 0 Å². The van der Waals surface area contributed by atoms with Gasteiger partial charge in [0.2, 0.25) is 11.8 Å². The molecule has 0 unspecified atom stereocenters. The number of nitrogens with zero attached hydrogens (tertiary/aromatic N) is 2. The normalized spacial score (nSPS) is 10.5. The van der Waals surface area contributed by atoms with Crippen LogP contribution in [0.1, 0.15) is 22.5 Å². The predicted molar refractivity (Wildman–Crippen MR) is 79.5 cm³/mol. The van der Waals surface area contributed by atoms with Gasteiger partial charge in [-0.25, -0.2) is 9.97 Å². The minimum atomic E-state index is 0.639. The van der Waals surface area contributed by atoms with Crippen molar-refractivity contribution in [1.82, 2.24) is 9.97 Å². The zero-order valence-electron chi connectivity index (χ0n) is 12.9. The van der Waals surface area contributed by atoms with Gasteiger partial charge in [-0.15, -0.1) is 0 Å². The van der Waals surface area contributed by atoms with Gasteiger partial charge < -0.3 is 9.47 Å². The van der Waals surface area contributed by atoms with E-state index in [1.807, 2.05) is 26.0 Å². The average molecular weight is 272 g/mol. The second kappa shape index (κ2) is 5.49. The van der Waals surface area contributed by atoms with Crippen molar-refractivity contribution in [1.29, 1.82) is 0 Å². The molecule has 0 radical (unpaired) electrons. The van der Waals surface area contributed by atoms with E-state index in [4.69, 9.17) is 9.47 Å². The summed E-state index contributed by atoms with van der Waals surface area (Å²) >= 11 is 0. The summed E-state index contributed by atoms with van der Waals surface area (Å²) < 4.78 is 10.4. The van der Waals surface area contributed by atoms with Crippen LogP contribution in [0.25, 0.3) is 11.1 Å². The smallest absolute Gasteiger partial charge is 0.213 e. The summed E-state index contributed by atoms with van der Waals surface area (Å²) in [5.41, 5.74) is 6.40. The fraction of sp³-hybridized carbons (Fsp3) is 0.375. The van der Waals surface area contributed by atoms with E-state index in [1.165, 1.54) is 0 Å². The van der Waals surface area contributed by atoms with Crippen LogP contribution in [0.5, 0.6) is 11.8 Å². The van der Waals surface area contributed by atoms with E-state index in [2.05, 4.69) is 23.8 Å². The van der Waals surface area contributed by atoms with Crippen LogP contribution in [0, 0.1) is 27.7 Å². The molecule has 2 aromatic heterocycles. The molecule has 2 aromatic rings. The minimum Gasteiger partial charge on any atom is -0.481 e. The lowest BCUT2D eigenvalue weighted by Crippen LogP contribution is -2.01. The van der Waals surface area contributed by atoms with Crippen molar-refractivity contribution in [2.24, 2.45) is 0 Å². The highest BCUT2D eigenvalue weighted by Gasteiger charge is 2.15. The van der Waals surface area contributed by atoms with E-state index >= 15 is 0 Å². The molecule has 0 bridgehead atoms. The Morgan fingerprint density at radius 2 is 1.05 bits per heavy atom. The van der Waals surface area contributed by atoms with Gasteiger partial charge in [-0.05, 0) is 38.8 Å². The SMILES string of the molecule is COc1cc(C)c(-c2c(C)cc(OC)nc2C)c(C)n1. The molecule has 0 amide bonds. The first kappa shape index (κ1) is 14.3. The third-order valence-corrected chi connectivity index (χ3v) is 3.42. The Kier molecular flexibility index (Phi) is 3.93. The maximum absolute atomic E-state index is 5.22.